The van der Waals surface area contributed by atoms with Gasteiger partial charge in [0.1, 0.15) is 0 Å². The van der Waals surface area contributed by atoms with Crippen LogP contribution in [0.1, 0.15) is 39.5 Å². The number of hydrogen-bond donors (Lipinski definition) is 0. The minimum atomic E-state index is 0.941. The lowest BCUT2D eigenvalue weighted by Crippen LogP contribution is -2.15. The number of hydrogen-bond acceptors (Lipinski definition) is 1. The molecule has 0 radical (unpaired) electrons. The number of allylic oxidation sites excluding steroid dienone is 2. The second-order valence-electron chi connectivity index (χ2n) is 3.19. The van der Waals surface area contributed by atoms with Gasteiger partial charge in [0.25, 0.3) is 0 Å². The first-order chi connectivity index (χ1) is 5.38. The number of rotatable bonds is 4. The third-order valence-electron chi connectivity index (χ3n) is 2.29. The van der Waals surface area contributed by atoms with E-state index in [1.165, 1.54) is 31.4 Å². The second-order valence-corrected chi connectivity index (χ2v) is 4.29. The molecule has 1 rings (SSSR count). The summed E-state index contributed by atoms with van der Waals surface area (Å²) < 4.78 is 0. The molecule has 0 N–H and O–H groups in total. The van der Waals surface area contributed by atoms with Gasteiger partial charge in [0.15, 0.2) is 0 Å². The van der Waals surface area contributed by atoms with Crippen LogP contribution < -0.4 is 0 Å². The molecule has 0 saturated carbocycles. The molecule has 1 heterocycles. The fraction of sp³-hybridized carbons (Fsp3) is 0.800. The molecule has 0 bridgehead atoms. The van der Waals surface area contributed by atoms with Gasteiger partial charge in [-0.05, 0) is 24.2 Å². The molecule has 1 fully saturated rings. The van der Waals surface area contributed by atoms with E-state index in [-0.39, 0.29) is 0 Å². The summed E-state index contributed by atoms with van der Waals surface area (Å²) >= 11 is 2.03. The van der Waals surface area contributed by atoms with E-state index in [2.05, 4.69) is 19.9 Å². The SMILES string of the molecule is CC=C1SCC1CCCCC. The molecule has 0 aromatic rings. The third kappa shape index (κ3) is 2.55. The highest BCUT2D eigenvalue weighted by molar-refractivity contribution is 8.04. The quantitative estimate of drug-likeness (QED) is 0.578. The van der Waals surface area contributed by atoms with Crippen molar-refractivity contribution in [3.05, 3.63) is 11.0 Å². The summed E-state index contributed by atoms with van der Waals surface area (Å²) in [4.78, 5) is 1.64. The van der Waals surface area contributed by atoms with Gasteiger partial charge in [-0.3, -0.25) is 0 Å². The van der Waals surface area contributed by atoms with Crippen molar-refractivity contribution in [1.82, 2.24) is 0 Å². The number of thioether (sulfide) groups is 1. The van der Waals surface area contributed by atoms with Crippen molar-refractivity contribution in [1.29, 1.82) is 0 Å². The first kappa shape index (κ1) is 9.18. The zero-order valence-corrected chi connectivity index (χ0v) is 8.41. The molecule has 0 aliphatic carbocycles. The Hall–Kier alpha value is 0.0900. The maximum atomic E-state index is 2.28. The average molecular weight is 170 g/mol. The lowest BCUT2D eigenvalue weighted by atomic mass is 10.0. The number of unbranched alkanes of at least 4 members (excludes halogenated alkanes) is 2. The van der Waals surface area contributed by atoms with Crippen molar-refractivity contribution in [2.45, 2.75) is 39.5 Å². The summed E-state index contributed by atoms with van der Waals surface area (Å²) in [5, 5.41) is 0. The molecule has 11 heavy (non-hydrogen) atoms. The smallest absolute Gasteiger partial charge is 0.00507 e. The highest BCUT2D eigenvalue weighted by Gasteiger charge is 2.22. The largest absolute Gasteiger partial charge is 0.130 e. The summed E-state index contributed by atoms with van der Waals surface area (Å²) in [6, 6.07) is 0. The minimum Gasteiger partial charge on any atom is -0.130 e. The average Bonchev–Trinajstić information content (AvgIpc) is 1.97. The molecule has 1 heteroatoms. The van der Waals surface area contributed by atoms with E-state index in [9.17, 15) is 0 Å². The summed E-state index contributed by atoms with van der Waals surface area (Å²) in [6.45, 7) is 4.43. The van der Waals surface area contributed by atoms with E-state index in [0.717, 1.165) is 5.92 Å². The highest BCUT2D eigenvalue weighted by Crippen LogP contribution is 2.41. The summed E-state index contributed by atoms with van der Waals surface area (Å²) in [5.74, 6) is 2.32. The molecule has 1 atom stereocenters. The van der Waals surface area contributed by atoms with Gasteiger partial charge < -0.3 is 0 Å². The van der Waals surface area contributed by atoms with Crippen molar-refractivity contribution in [3.63, 3.8) is 0 Å². The zero-order valence-electron chi connectivity index (χ0n) is 7.60. The Morgan fingerprint density at radius 1 is 1.55 bits per heavy atom. The van der Waals surface area contributed by atoms with Gasteiger partial charge in [-0.2, -0.15) is 0 Å². The molecule has 64 valence electrons. The maximum Gasteiger partial charge on any atom is 0.00507 e. The molecule has 1 aliphatic heterocycles. The van der Waals surface area contributed by atoms with Crippen LogP contribution >= 0.6 is 11.8 Å². The van der Waals surface area contributed by atoms with E-state index in [1.807, 2.05) is 11.8 Å². The predicted octanol–water partition coefficient (Wildman–Crippen LogP) is 3.83. The molecule has 0 aromatic heterocycles. The standard InChI is InChI=1S/C10H18S/c1-3-5-6-7-9-8-11-10(9)4-2/h4,9H,3,5-8H2,1-2H3. The summed E-state index contributed by atoms with van der Waals surface area (Å²) in [6.07, 6.45) is 7.91. The molecule has 0 amide bonds. The van der Waals surface area contributed by atoms with Crippen molar-refractivity contribution in [2.75, 3.05) is 5.75 Å². The zero-order chi connectivity index (χ0) is 8.10. The fourth-order valence-electron chi connectivity index (χ4n) is 1.48. The first-order valence-corrected chi connectivity index (χ1v) is 5.66. The van der Waals surface area contributed by atoms with Gasteiger partial charge in [-0.25, -0.2) is 0 Å². The van der Waals surface area contributed by atoms with E-state index >= 15 is 0 Å². The van der Waals surface area contributed by atoms with Crippen molar-refractivity contribution in [2.24, 2.45) is 5.92 Å². The van der Waals surface area contributed by atoms with Gasteiger partial charge in [0, 0.05) is 5.75 Å². The van der Waals surface area contributed by atoms with Crippen LogP contribution in [0, 0.1) is 5.92 Å². The van der Waals surface area contributed by atoms with E-state index in [4.69, 9.17) is 0 Å². The lowest BCUT2D eigenvalue weighted by molar-refractivity contribution is 0.563. The van der Waals surface area contributed by atoms with Gasteiger partial charge in [-0.15, -0.1) is 11.8 Å². The van der Waals surface area contributed by atoms with Crippen LogP contribution in [-0.2, 0) is 0 Å². The van der Waals surface area contributed by atoms with Crippen molar-refractivity contribution < 1.29 is 0 Å². The van der Waals surface area contributed by atoms with Crippen LogP contribution in [0.3, 0.4) is 0 Å². The van der Waals surface area contributed by atoms with Crippen LogP contribution in [0.4, 0.5) is 0 Å². The van der Waals surface area contributed by atoms with Crippen LogP contribution in [0.25, 0.3) is 0 Å². The first-order valence-electron chi connectivity index (χ1n) is 4.67. The van der Waals surface area contributed by atoms with Crippen LogP contribution in [0.2, 0.25) is 0 Å². The maximum absolute atomic E-state index is 2.28. The van der Waals surface area contributed by atoms with Crippen LogP contribution in [0.15, 0.2) is 11.0 Å². The van der Waals surface area contributed by atoms with Gasteiger partial charge in [0.2, 0.25) is 0 Å². The Kier molecular flexibility index (Phi) is 4.06. The second kappa shape index (κ2) is 4.87. The molecule has 0 spiro atoms. The van der Waals surface area contributed by atoms with Crippen LogP contribution in [0.5, 0.6) is 0 Å². The monoisotopic (exact) mass is 170 g/mol. The minimum absolute atomic E-state index is 0.941. The molecule has 1 saturated heterocycles. The molecule has 0 aromatic carbocycles. The predicted molar refractivity (Wildman–Crippen MR) is 53.8 cm³/mol. The van der Waals surface area contributed by atoms with Crippen LogP contribution in [-0.4, -0.2) is 5.75 Å². The van der Waals surface area contributed by atoms with E-state index < -0.39 is 0 Å². The Bertz CT molecular complexity index is 138. The van der Waals surface area contributed by atoms with E-state index in [1.54, 1.807) is 4.91 Å². The fourth-order valence-corrected chi connectivity index (χ4v) is 2.53. The summed E-state index contributed by atoms with van der Waals surface area (Å²) in [7, 11) is 0. The van der Waals surface area contributed by atoms with E-state index in [0.29, 0.717) is 0 Å². The molecule has 0 nitrogen and oxygen atoms in total. The third-order valence-corrected chi connectivity index (χ3v) is 3.77. The molecule has 1 unspecified atom stereocenters. The van der Waals surface area contributed by atoms with Gasteiger partial charge in [0.05, 0.1) is 0 Å². The topological polar surface area (TPSA) is 0 Å². The molecular weight excluding hydrogens is 152 g/mol. The Labute approximate surface area is 74.5 Å². The van der Waals surface area contributed by atoms with Crippen molar-refractivity contribution in [3.8, 4) is 0 Å². The summed E-state index contributed by atoms with van der Waals surface area (Å²) in [5.41, 5.74) is 0. The Morgan fingerprint density at radius 2 is 2.36 bits per heavy atom. The lowest BCUT2D eigenvalue weighted by Gasteiger charge is -2.28. The van der Waals surface area contributed by atoms with Gasteiger partial charge in [-0.1, -0.05) is 32.3 Å². The molecular formula is C10H18S. The Balaban J connectivity index is 2.08. The normalized spacial score (nSPS) is 27.1. The molecule has 1 aliphatic rings. The van der Waals surface area contributed by atoms with Crippen molar-refractivity contribution >= 4 is 11.8 Å². The Morgan fingerprint density at radius 3 is 2.82 bits per heavy atom. The van der Waals surface area contributed by atoms with Gasteiger partial charge >= 0.3 is 0 Å². The highest BCUT2D eigenvalue weighted by atomic mass is 32.2.